The van der Waals surface area contributed by atoms with Gasteiger partial charge in [-0.2, -0.15) is 13.2 Å². The topological polar surface area (TPSA) is 36.9 Å². The van der Waals surface area contributed by atoms with Crippen LogP contribution in [0.5, 0.6) is 11.5 Å². The van der Waals surface area contributed by atoms with Crippen LogP contribution in [-0.4, -0.2) is 27.8 Å². The number of hydrogen-bond acceptors (Lipinski definition) is 4. The number of hydrogen-bond donors (Lipinski definition) is 0. The van der Waals surface area contributed by atoms with Gasteiger partial charge < -0.3 is 18.9 Å². The Hall–Kier alpha value is -1.99. The highest BCUT2D eigenvalue weighted by molar-refractivity contribution is 5.94. The minimum Gasteiger partial charge on any atom is -0.467 e. The molecule has 22 heavy (non-hydrogen) atoms. The summed E-state index contributed by atoms with van der Waals surface area (Å²) in [4.78, 5) is 0. The van der Waals surface area contributed by atoms with Crippen molar-refractivity contribution < 1.29 is 32.1 Å². The fourth-order valence-electron chi connectivity index (χ4n) is 2.04. The third-order valence-corrected chi connectivity index (χ3v) is 2.92. The van der Waals surface area contributed by atoms with Gasteiger partial charge in [0, 0.05) is 25.0 Å². The van der Waals surface area contributed by atoms with Crippen LogP contribution in [0.25, 0.3) is 10.8 Å². The lowest BCUT2D eigenvalue weighted by Gasteiger charge is -2.18. The number of ether oxygens (including phenoxy) is 4. The number of methoxy groups -OCH3 is 2. The van der Waals surface area contributed by atoms with E-state index in [1.165, 1.54) is 20.3 Å². The standard InChI is InChI=1S/C15H15F3O4/c1-19-8-21-13-7-12(15(16,17)18)14(22-9-20-2)11-6-4-3-5-10(11)13/h3-7H,8-9H2,1-2H3. The highest BCUT2D eigenvalue weighted by Gasteiger charge is 2.36. The Kier molecular flexibility index (Phi) is 5.10. The Balaban J connectivity index is 2.67. The van der Waals surface area contributed by atoms with Crippen molar-refractivity contribution in [3.8, 4) is 11.5 Å². The zero-order valence-electron chi connectivity index (χ0n) is 12.1. The summed E-state index contributed by atoms with van der Waals surface area (Å²) in [6.45, 7) is -0.440. The van der Waals surface area contributed by atoms with Gasteiger partial charge in [0.2, 0.25) is 0 Å². The van der Waals surface area contributed by atoms with E-state index in [0.29, 0.717) is 10.8 Å². The van der Waals surface area contributed by atoms with E-state index in [2.05, 4.69) is 0 Å². The molecular weight excluding hydrogens is 301 g/mol. The Labute approximate surface area is 125 Å². The van der Waals surface area contributed by atoms with Gasteiger partial charge in [0.1, 0.15) is 17.1 Å². The highest BCUT2D eigenvalue weighted by Crippen LogP contribution is 2.44. The van der Waals surface area contributed by atoms with E-state index in [9.17, 15) is 13.2 Å². The molecule has 0 saturated heterocycles. The van der Waals surface area contributed by atoms with Gasteiger partial charge in [-0.25, -0.2) is 0 Å². The van der Waals surface area contributed by atoms with Gasteiger partial charge in [-0.1, -0.05) is 24.3 Å². The molecular formula is C15H15F3O4. The Morgan fingerprint density at radius 1 is 0.909 bits per heavy atom. The summed E-state index contributed by atoms with van der Waals surface area (Å²) < 4.78 is 59.8. The molecule has 2 rings (SSSR count). The molecule has 0 radical (unpaired) electrons. The third kappa shape index (κ3) is 3.42. The number of halogens is 3. The van der Waals surface area contributed by atoms with Crippen molar-refractivity contribution >= 4 is 10.8 Å². The smallest absolute Gasteiger partial charge is 0.420 e. The molecule has 0 spiro atoms. The minimum absolute atomic E-state index is 0.0783. The van der Waals surface area contributed by atoms with Crippen molar-refractivity contribution in [2.24, 2.45) is 0 Å². The zero-order chi connectivity index (χ0) is 16.2. The molecule has 0 aliphatic rings. The quantitative estimate of drug-likeness (QED) is 0.759. The largest absolute Gasteiger partial charge is 0.467 e. The van der Waals surface area contributed by atoms with Crippen molar-refractivity contribution in [3.05, 3.63) is 35.9 Å². The average molecular weight is 316 g/mol. The number of benzene rings is 2. The first-order valence-corrected chi connectivity index (χ1v) is 6.35. The molecule has 0 N–H and O–H groups in total. The fraction of sp³-hybridized carbons (Fsp3) is 0.333. The van der Waals surface area contributed by atoms with E-state index in [4.69, 9.17) is 18.9 Å². The van der Waals surface area contributed by atoms with Crippen molar-refractivity contribution in [2.75, 3.05) is 27.8 Å². The maximum Gasteiger partial charge on any atom is 0.420 e. The molecule has 0 fully saturated rings. The van der Waals surface area contributed by atoms with Crippen LogP contribution in [0.1, 0.15) is 5.56 Å². The van der Waals surface area contributed by atoms with Crippen LogP contribution in [0.3, 0.4) is 0 Å². The van der Waals surface area contributed by atoms with Gasteiger partial charge >= 0.3 is 6.18 Å². The van der Waals surface area contributed by atoms with Crippen LogP contribution in [0.2, 0.25) is 0 Å². The fourth-order valence-corrected chi connectivity index (χ4v) is 2.04. The van der Waals surface area contributed by atoms with Gasteiger partial charge in [-0.3, -0.25) is 0 Å². The second-order valence-corrected chi connectivity index (χ2v) is 4.40. The number of fused-ring (bicyclic) bond motifs is 1. The molecule has 0 unspecified atom stereocenters. The molecule has 0 amide bonds. The first kappa shape index (κ1) is 16.4. The van der Waals surface area contributed by atoms with Crippen molar-refractivity contribution in [2.45, 2.75) is 6.18 Å². The molecule has 0 bridgehead atoms. The van der Waals surface area contributed by atoms with E-state index in [1.807, 2.05) is 0 Å². The van der Waals surface area contributed by atoms with Gasteiger partial charge in [-0.15, -0.1) is 0 Å². The first-order valence-electron chi connectivity index (χ1n) is 6.35. The van der Waals surface area contributed by atoms with Gasteiger partial charge in [0.05, 0.1) is 0 Å². The summed E-state index contributed by atoms with van der Waals surface area (Å²) in [5.74, 6) is -0.204. The van der Waals surface area contributed by atoms with Crippen molar-refractivity contribution in [3.63, 3.8) is 0 Å². The van der Waals surface area contributed by atoms with Crippen LogP contribution in [0.15, 0.2) is 30.3 Å². The molecule has 0 aromatic heterocycles. The van der Waals surface area contributed by atoms with E-state index in [-0.39, 0.29) is 25.1 Å². The lowest BCUT2D eigenvalue weighted by molar-refractivity contribution is -0.139. The van der Waals surface area contributed by atoms with Gasteiger partial charge in [0.25, 0.3) is 0 Å². The van der Waals surface area contributed by atoms with E-state index in [0.717, 1.165) is 6.07 Å². The van der Waals surface area contributed by atoms with Crippen molar-refractivity contribution in [1.29, 1.82) is 0 Å². The normalized spacial score (nSPS) is 11.7. The Morgan fingerprint density at radius 2 is 1.50 bits per heavy atom. The molecule has 0 atom stereocenters. The molecule has 2 aromatic rings. The summed E-state index contributed by atoms with van der Waals surface area (Å²) in [6, 6.07) is 7.43. The van der Waals surface area contributed by atoms with Gasteiger partial charge in [-0.05, 0) is 6.07 Å². The Bertz CT molecular complexity index is 640. The summed E-state index contributed by atoms with van der Waals surface area (Å²) in [7, 11) is 2.73. The van der Waals surface area contributed by atoms with Crippen LogP contribution < -0.4 is 9.47 Å². The SMILES string of the molecule is COCOc1cc(C(F)(F)F)c(OCOC)c2ccccc12. The predicted octanol–water partition coefficient (Wildman–Crippen LogP) is 3.82. The minimum atomic E-state index is -4.59. The highest BCUT2D eigenvalue weighted by atomic mass is 19.4. The van der Waals surface area contributed by atoms with E-state index < -0.39 is 11.7 Å². The molecule has 4 nitrogen and oxygen atoms in total. The van der Waals surface area contributed by atoms with E-state index >= 15 is 0 Å². The summed E-state index contributed by atoms with van der Waals surface area (Å²) in [5.41, 5.74) is -0.922. The molecule has 120 valence electrons. The molecule has 0 saturated carbocycles. The average Bonchev–Trinajstić information content (AvgIpc) is 2.49. The molecule has 2 aromatic carbocycles. The second kappa shape index (κ2) is 6.85. The molecule has 0 aliphatic carbocycles. The molecule has 0 aliphatic heterocycles. The van der Waals surface area contributed by atoms with Crippen molar-refractivity contribution in [1.82, 2.24) is 0 Å². The predicted molar refractivity (Wildman–Crippen MR) is 74.0 cm³/mol. The molecule has 7 heteroatoms. The monoisotopic (exact) mass is 316 g/mol. The zero-order valence-corrected chi connectivity index (χ0v) is 12.1. The summed E-state index contributed by atoms with van der Waals surface area (Å²) >= 11 is 0. The number of rotatable bonds is 6. The Morgan fingerprint density at radius 3 is 2.09 bits per heavy atom. The molecule has 0 heterocycles. The number of alkyl halides is 3. The summed E-state index contributed by atoms with van der Waals surface area (Å²) in [6.07, 6.45) is -4.59. The van der Waals surface area contributed by atoms with Crippen LogP contribution in [0.4, 0.5) is 13.2 Å². The van der Waals surface area contributed by atoms with Gasteiger partial charge in [0.15, 0.2) is 13.6 Å². The third-order valence-electron chi connectivity index (χ3n) is 2.92. The van der Waals surface area contributed by atoms with E-state index in [1.54, 1.807) is 18.2 Å². The second-order valence-electron chi connectivity index (χ2n) is 4.40. The maximum absolute atomic E-state index is 13.3. The van der Waals surface area contributed by atoms with Crippen LogP contribution in [0, 0.1) is 0 Å². The maximum atomic E-state index is 13.3. The lowest BCUT2D eigenvalue weighted by Crippen LogP contribution is -2.11. The lowest BCUT2D eigenvalue weighted by atomic mass is 10.0. The first-order chi connectivity index (χ1) is 10.5. The summed E-state index contributed by atoms with van der Waals surface area (Å²) in [5, 5.41) is 0.791. The van der Waals surface area contributed by atoms with Crippen LogP contribution in [-0.2, 0) is 15.7 Å². The van der Waals surface area contributed by atoms with Crippen LogP contribution >= 0.6 is 0 Å².